The lowest BCUT2D eigenvalue weighted by Gasteiger charge is -1.98. The Hall–Kier alpha value is -0.830. The summed E-state index contributed by atoms with van der Waals surface area (Å²) in [5.41, 5.74) is 2.09. The number of imidazole rings is 1. The zero-order valence-corrected chi connectivity index (χ0v) is 8.59. The molecule has 1 heterocycles. The zero-order valence-electron chi connectivity index (χ0n) is 8.59. The quantitative estimate of drug-likeness (QED) is 0.740. The van der Waals surface area contributed by atoms with Crippen molar-refractivity contribution in [2.75, 3.05) is 6.61 Å². The second-order valence-corrected chi connectivity index (χ2v) is 3.83. The van der Waals surface area contributed by atoms with E-state index in [0.717, 1.165) is 23.6 Å². The van der Waals surface area contributed by atoms with Gasteiger partial charge in [-0.3, -0.25) is 0 Å². The van der Waals surface area contributed by atoms with Gasteiger partial charge in [0.2, 0.25) is 0 Å². The van der Waals surface area contributed by atoms with E-state index in [4.69, 9.17) is 5.11 Å². The van der Waals surface area contributed by atoms with E-state index in [1.54, 1.807) is 0 Å². The first-order valence-electron chi connectivity index (χ1n) is 4.78. The molecule has 0 fully saturated rings. The maximum absolute atomic E-state index is 8.78. The van der Waals surface area contributed by atoms with Gasteiger partial charge in [0.05, 0.1) is 5.69 Å². The summed E-state index contributed by atoms with van der Waals surface area (Å²) in [6.45, 7) is 6.52. The van der Waals surface area contributed by atoms with Gasteiger partial charge in [0, 0.05) is 25.1 Å². The molecule has 1 aromatic heterocycles. The molecule has 1 rings (SSSR count). The molecule has 0 bridgehead atoms. The Kier molecular flexibility index (Phi) is 3.48. The molecule has 3 nitrogen and oxygen atoms in total. The lowest BCUT2D eigenvalue weighted by Crippen LogP contribution is -1.97. The van der Waals surface area contributed by atoms with Crippen molar-refractivity contribution in [1.82, 2.24) is 9.97 Å². The van der Waals surface area contributed by atoms with Crippen molar-refractivity contribution in [3.8, 4) is 0 Å². The van der Waals surface area contributed by atoms with E-state index in [1.807, 2.05) is 6.92 Å². The third-order valence-electron chi connectivity index (χ3n) is 1.98. The van der Waals surface area contributed by atoms with Crippen LogP contribution in [0.3, 0.4) is 0 Å². The number of rotatable bonds is 4. The Labute approximate surface area is 79.2 Å². The van der Waals surface area contributed by atoms with E-state index in [2.05, 4.69) is 23.8 Å². The van der Waals surface area contributed by atoms with Crippen LogP contribution in [0.25, 0.3) is 0 Å². The first-order valence-corrected chi connectivity index (χ1v) is 4.78. The Morgan fingerprint density at radius 2 is 2.15 bits per heavy atom. The van der Waals surface area contributed by atoms with Gasteiger partial charge in [-0.15, -0.1) is 0 Å². The molecule has 0 saturated carbocycles. The summed E-state index contributed by atoms with van der Waals surface area (Å²) in [7, 11) is 0. The third-order valence-corrected chi connectivity index (χ3v) is 1.98. The fourth-order valence-electron chi connectivity index (χ4n) is 1.40. The number of nitrogens with zero attached hydrogens (tertiary/aromatic N) is 1. The summed E-state index contributed by atoms with van der Waals surface area (Å²) >= 11 is 0. The number of hydrogen-bond acceptors (Lipinski definition) is 2. The fraction of sp³-hybridized carbons (Fsp3) is 0.700. The molecule has 0 saturated heterocycles. The predicted molar refractivity (Wildman–Crippen MR) is 52.7 cm³/mol. The largest absolute Gasteiger partial charge is 0.396 e. The van der Waals surface area contributed by atoms with Gasteiger partial charge in [0.1, 0.15) is 5.82 Å². The minimum atomic E-state index is 0.173. The van der Waals surface area contributed by atoms with Crippen LogP contribution in [0.1, 0.15) is 31.1 Å². The van der Waals surface area contributed by atoms with E-state index in [1.165, 1.54) is 0 Å². The average molecular weight is 182 g/mol. The number of H-pyrrole nitrogens is 1. The molecule has 0 aliphatic carbocycles. The van der Waals surface area contributed by atoms with Crippen LogP contribution in [0.15, 0.2) is 0 Å². The number of aromatic nitrogens is 2. The second-order valence-electron chi connectivity index (χ2n) is 3.83. The number of nitrogens with one attached hydrogen (secondary N) is 1. The monoisotopic (exact) mass is 182 g/mol. The van der Waals surface area contributed by atoms with E-state index in [0.29, 0.717) is 12.3 Å². The highest BCUT2D eigenvalue weighted by Gasteiger charge is 2.06. The number of aliphatic hydroxyl groups is 1. The summed E-state index contributed by atoms with van der Waals surface area (Å²) in [6.07, 6.45) is 1.63. The molecule has 0 aliphatic heterocycles. The van der Waals surface area contributed by atoms with Crippen molar-refractivity contribution in [2.24, 2.45) is 5.92 Å². The Bertz CT molecular complexity index is 266. The highest BCUT2D eigenvalue weighted by atomic mass is 16.3. The van der Waals surface area contributed by atoms with Crippen LogP contribution in [0.4, 0.5) is 0 Å². The maximum Gasteiger partial charge on any atom is 0.106 e. The first-order chi connectivity index (χ1) is 6.13. The minimum Gasteiger partial charge on any atom is -0.396 e. The van der Waals surface area contributed by atoms with Crippen LogP contribution >= 0.6 is 0 Å². The van der Waals surface area contributed by atoms with Gasteiger partial charge in [-0.1, -0.05) is 13.8 Å². The zero-order chi connectivity index (χ0) is 9.84. The van der Waals surface area contributed by atoms with Gasteiger partial charge < -0.3 is 10.1 Å². The molecule has 1 aromatic rings. The van der Waals surface area contributed by atoms with Gasteiger partial charge in [-0.2, -0.15) is 0 Å². The van der Waals surface area contributed by atoms with Gasteiger partial charge in [0.25, 0.3) is 0 Å². The minimum absolute atomic E-state index is 0.173. The topological polar surface area (TPSA) is 48.9 Å². The Morgan fingerprint density at radius 3 is 2.69 bits per heavy atom. The van der Waals surface area contributed by atoms with Crippen LogP contribution in [0, 0.1) is 12.8 Å². The molecule has 0 spiro atoms. The van der Waals surface area contributed by atoms with Crippen LogP contribution in [-0.2, 0) is 12.8 Å². The van der Waals surface area contributed by atoms with Crippen molar-refractivity contribution in [1.29, 1.82) is 0 Å². The maximum atomic E-state index is 8.78. The van der Waals surface area contributed by atoms with Crippen molar-refractivity contribution >= 4 is 0 Å². The molecule has 0 aliphatic rings. The van der Waals surface area contributed by atoms with Crippen LogP contribution in [-0.4, -0.2) is 21.7 Å². The highest BCUT2D eigenvalue weighted by Crippen LogP contribution is 2.09. The number of aliphatic hydroxyl groups excluding tert-OH is 1. The summed E-state index contributed by atoms with van der Waals surface area (Å²) in [6, 6.07) is 0. The van der Waals surface area contributed by atoms with E-state index >= 15 is 0 Å². The van der Waals surface area contributed by atoms with Crippen LogP contribution in [0.5, 0.6) is 0 Å². The lowest BCUT2D eigenvalue weighted by atomic mass is 10.1. The number of aromatic amines is 1. The summed E-state index contributed by atoms with van der Waals surface area (Å²) in [5.74, 6) is 1.66. The molecule has 13 heavy (non-hydrogen) atoms. The summed E-state index contributed by atoms with van der Waals surface area (Å²) in [5, 5.41) is 8.78. The Balaban J connectivity index is 2.70. The summed E-state index contributed by atoms with van der Waals surface area (Å²) in [4.78, 5) is 7.66. The van der Waals surface area contributed by atoms with Gasteiger partial charge in [-0.05, 0) is 12.8 Å². The smallest absolute Gasteiger partial charge is 0.106 e. The molecule has 0 atom stereocenters. The molecular weight excluding hydrogens is 164 g/mol. The molecule has 2 N–H and O–H groups in total. The van der Waals surface area contributed by atoms with E-state index in [9.17, 15) is 0 Å². The normalized spacial score (nSPS) is 11.2. The standard InChI is InChI=1S/C10H18N2O/c1-7(2)6-10-11-8(3)9(12-10)4-5-13/h7,13H,4-6H2,1-3H3,(H,11,12). The van der Waals surface area contributed by atoms with Crippen molar-refractivity contribution in [3.05, 3.63) is 17.2 Å². The van der Waals surface area contributed by atoms with E-state index < -0.39 is 0 Å². The van der Waals surface area contributed by atoms with Crippen molar-refractivity contribution in [3.63, 3.8) is 0 Å². The Morgan fingerprint density at radius 1 is 1.46 bits per heavy atom. The first kappa shape index (κ1) is 10.3. The van der Waals surface area contributed by atoms with Gasteiger partial charge in [-0.25, -0.2) is 4.98 Å². The van der Waals surface area contributed by atoms with Gasteiger partial charge >= 0.3 is 0 Å². The van der Waals surface area contributed by atoms with Crippen molar-refractivity contribution < 1.29 is 5.11 Å². The lowest BCUT2D eigenvalue weighted by molar-refractivity contribution is 0.298. The second kappa shape index (κ2) is 4.42. The SMILES string of the molecule is Cc1[nH]c(CC(C)C)nc1CCO. The van der Waals surface area contributed by atoms with Crippen LogP contribution < -0.4 is 0 Å². The predicted octanol–water partition coefficient (Wildman–Crippen LogP) is 1.45. The number of aryl methyl sites for hydroxylation is 1. The summed E-state index contributed by atoms with van der Waals surface area (Å²) < 4.78 is 0. The highest BCUT2D eigenvalue weighted by molar-refractivity contribution is 5.13. The number of hydrogen-bond donors (Lipinski definition) is 2. The van der Waals surface area contributed by atoms with Gasteiger partial charge in [0.15, 0.2) is 0 Å². The molecule has 0 radical (unpaired) electrons. The average Bonchev–Trinajstić information content (AvgIpc) is 2.31. The molecule has 0 unspecified atom stereocenters. The van der Waals surface area contributed by atoms with E-state index in [-0.39, 0.29) is 6.61 Å². The molecule has 0 amide bonds. The van der Waals surface area contributed by atoms with Crippen LogP contribution in [0.2, 0.25) is 0 Å². The molecule has 74 valence electrons. The van der Waals surface area contributed by atoms with Crippen molar-refractivity contribution in [2.45, 2.75) is 33.6 Å². The molecule has 0 aromatic carbocycles. The third kappa shape index (κ3) is 2.84. The fourth-order valence-corrected chi connectivity index (χ4v) is 1.40. The molecular formula is C10H18N2O. The molecule has 3 heteroatoms.